The molecule has 4 aliphatic carbocycles. The van der Waals surface area contributed by atoms with Crippen LogP contribution in [0.2, 0.25) is 0 Å². The Labute approximate surface area is 201 Å². The second-order valence-corrected chi connectivity index (χ2v) is 12.9. The molecule has 0 aliphatic heterocycles. The number of carbonyl (C=O) groups excluding carboxylic acids is 1. The molecular weight excluding hydrogens is 411 g/mol. The van der Waals surface area contributed by atoms with Gasteiger partial charge in [-0.25, -0.2) is 4.39 Å². The van der Waals surface area contributed by atoms with Gasteiger partial charge in [-0.3, -0.25) is 4.79 Å². The van der Waals surface area contributed by atoms with Crippen molar-refractivity contribution in [3.63, 3.8) is 0 Å². The molecule has 1 N–H and O–H groups in total. The lowest BCUT2D eigenvalue weighted by atomic mass is 9.47. The second-order valence-electron chi connectivity index (χ2n) is 12.9. The number of hydrogen-bond acceptors (Lipinski definition) is 2. The van der Waals surface area contributed by atoms with Crippen LogP contribution < -0.4 is 0 Å². The highest BCUT2D eigenvalue weighted by Gasteiger charge is 2.61. The van der Waals surface area contributed by atoms with Crippen LogP contribution in [-0.4, -0.2) is 23.2 Å². The maximum atomic E-state index is 15.5. The van der Waals surface area contributed by atoms with Crippen LogP contribution in [-0.2, 0) is 4.79 Å². The summed E-state index contributed by atoms with van der Waals surface area (Å²) in [6.07, 6.45) is 12.5. The quantitative estimate of drug-likeness (QED) is 0.434. The van der Waals surface area contributed by atoms with Gasteiger partial charge in [0.05, 0.1) is 6.10 Å². The van der Waals surface area contributed by atoms with Gasteiger partial charge in [0.2, 0.25) is 0 Å². The van der Waals surface area contributed by atoms with Crippen molar-refractivity contribution in [2.45, 2.75) is 105 Å². The van der Waals surface area contributed by atoms with Crippen LogP contribution in [0, 0.1) is 52.3 Å². The summed E-state index contributed by atoms with van der Waals surface area (Å²) in [5, 5.41) is 11.3. The van der Waals surface area contributed by atoms with Gasteiger partial charge in [0.25, 0.3) is 0 Å². The lowest BCUT2D eigenvalue weighted by Crippen LogP contribution is -2.53. The molecule has 0 saturated heterocycles. The number of ketones is 1. The van der Waals surface area contributed by atoms with E-state index in [-0.39, 0.29) is 28.6 Å². The molecular formula is C30H47FO2. The van der Waals surface area contributed by atoms with Gasteiger partial charge in [0.1, 0.15) is 6.17 Å². The summed E-state index contributed by atoms with van der Waals surface area (Å²) < 4.78 is 15.5. The van der Waals surface area contributed by atoms with Crippen molar-refractivity contribution in [1.82, 2.24) is 0 Å². The van der Waals surface area contributed by atoms with Crippen LogP contribution in [0.5, 0.6) is 0 Å². The van der Waals surface area contributed by atoms with Crippen LogP contribution >= 0.6 is 0 Å². The molecule has 10 unspecified atom stereocenters. The van der Waals surface area contributed by atoms with Gasteiger partial charge < -0.3 is 5.11 Å². The molecule has 186 valence electrons. The first-order valence-electron chi connectivity index (χ1n) is 13.8. The van der Waals surface area contributed by atoms with Gasteiger partial charge in [-0.1, -0.05) is 60.5 Å². The highest BCUT2D eigenvalue weighted by atomic mass is 19.1. The Hall–Kier alpha value is -0.960. The van der Waals surface area contributed by atoms with E-state index in [0.717, 1.165) is 37.7 Å². The Morgan fingerprint density at radius 1 is 1.15 bits per heavy atom. The molecule has 0 heterocycles. The van der Waals surface area contributed by atoms with Crippen molar-refractivity contribution in [3.8, 4) is 0 Å². The van der Waals surface area contributed by atoms with Crippen LogP contribution in [0.4, 0.5) is 4.39 Å². The average Bonchev–Trinajstić information content (AvgIpc) is 3.11. The fraction of sp³-hybridized carbons (Fsp3) is 0.833. The zero-order chi connectivity index (χ0) is 24.1. The normalized spacial score (nSPS) is 42.9. The van der Waals surface area contributed by atoms with E-state index in [9.17, 15) is 9.90 Å². The number of rotatable bonds is 7. The number of carbonyl (C=O) groups is 1. The predicted molar refractivity (Wildman–Crippen MR) is 133 cm³/mol. The Bertz CT molecular complexity index is 799. The van der Waals surface area contributed by atoms with Crippen molar-refractivity contribution in [2.24, 2.45) is 52.3 Å². The SMILES string of the molecule is CCCC(CC(O)C(C)C1CCC2C3CC(F)C4=CC(=O)C=CC4(C)C3CCC12C)C(C)C. The Balaban J connectivity index is 1.53. The highest BCUT2D eigenvalue weighted by molar-refractivity contribution is 6.01. The standard InChI is InChI=1S/C30H47FO2/c1-7-8-20(18(2)3)15-28(33)19(4)23-9-10-24-22-17-27(31)26-16-21(32)11-13-30(26,6)25(22)12-14-29(23,24)5/h11,13,16,18-20,22-25,27-28,33H,7-10,12,14-15,17H2,1-6H3. The summed E-state index contributed by atoms with van der Waals surface area (Å²) in [4.78, 5) is 12.0. The van der Waals surface area contributed by atoms with Crippen LogP contribution in [0.1, 0.15) is 92.9 Å². The van der Waals surface area contributed by atoms with E-state index < -0.39 is 6.17 Å². The Kier molecular flexibility index (Phi) is 7.04. The van der Waals surface area contributed by atoms with E-state index in [1.165, 1.54) is 12.8 Å². The van der Waals surface area contributed by atoms with Crippen molar-refractivity contribution in [3.05, 3.63) is 23.8 Å². The molecule has 0 spiro atoms. The number of hydrogen-bond donors (Lipinski definition) is 1. The first-order chi connectivity index (χ1) is 15.5. The molecule has 0 aromatic carbocycles. The minimum Gasteiger partial charge on any atom is -0.393 e. The first-order valence-corrected chi connectivity index (χ1v) is 13.8. The van der Waals surface area contributed by atoms with Gasteiger partial charge in [0, 0.05) is 5.41 Å². The van der Waals surface area contributed by atoms with Gasteiger partial charge in [-0.2, -0.15) is 0 Å². The minimum atomic E-state index is -1.00. The molecule has 0 aromatic rings. The molecule has 4 rings (SSSR count). The fourth-order valence-electron chi connectivity index (χ4n) is 8.99. The third kappa shape index (κ3) is 4.19. The molecule has 0 amide bonds. The van der Waals surface area contributed by atoms with E-state index in [4.69, 9.17) is 0 Å². The maximum Gasteiger partial charge on any atom is 0.178 e. The number of fused-ring (bicyclic) bond motifs is 5. The highest BCUT2D eigenvalue weighted by Crippen LogP contribution is 2.67. The topological polar surface area (TPSA) is 37.3 Å². The van der Waals surface area contributed by atoms with E-state index in [1.54, 1.807) is 12.2 Å². The van der Waals surface area contributed by atoms with E-state index in [1.807, 2.05) is 6.08 Å². The smallest absolute Gasteiger partial charge is 0.178 e. The molecule has 3 heteroatoms. The van der Waals surface area contributed by atoms with Crippen molar-refractivity contribution < 1.29 is 14.3 Å². The fourth-order valence-corrected chi connectivity index (χ4v) is 8.99. The zero-order valence-corrected chi connectivity index (χ0v) is 21.8. The summed E-state index contributed by atoms with van der Waals surface area (Å²) in [7, 11) is 0. The number of alkyl halides is 1. The lowest BCUT2D eigenvalue weighted by Gasteiger charge is -2.58. The largest absolute Gasteiger partial charge is 0.393 e. The van der Waals surface area contributed by atoms with Crippen LogP contribution in [0.15, 0.2) is 23.8 Å². The molecule has 0 aromatic heterocycles. The number of aliphatic hydroxyl groups is 1. The zero-order valence-electron chi connectivity index (χ0n) is 21.8. The molecule has 0 bridgehead atoms. The monoisotopic (exact) mass is 458 g/mol. The summed E-state index contributed by atoms with van der Waals surface area (Å²) in [6.45, 7) is 13.7. The molecule has 0 radical (unpaired) electrons. The van der Waals surface area contributed by atoms with Crippen molar-refractivity contribution in [1.29, 1.82) is 0 Å². The van der Waals surface area contributed by atoms with E-state index >= 15 is 4.39 Å². The molecule has 33 heavy (non-hydrogen) atoms. The average molecular weight is 459 g/mol. The summed E-state index contributed by atoms with van der Waals surface area (Å²) in [5.74, 6) is 3.26. The van der Waals surface area contributed by atoms with E-state index in [2.05, 4.69) is 41.5 Å². The molecule has 10 atom stereocenters. The number of aliphatic hydroxyl groups excluding tert-OH is 1. The molecule has 4 aliphatic rings. The Morgan fingerprint density at radius 2 is 1.88 bits per heavy atom. The van der Waals surface area contributed by atoms with Crippen molar-refractivity contribution in [2.75, 3.05) is 0 Å². The lowest BCUT2D eigenvalue weighted by molar-refractivity contribution is -0.111. The van der Waals surface area contributed by atoms with E-state index in [0.29, 0.717) is 41.9 Å². The van der Waals surface area contributed by atoms with Gasteiger partial charge >= 0.3 is 0 Å². The maximum absolute atomic E-state index is 15.5. The number of allylic oxidation sites excluding steroid dienone is 4. The third-order valence-corrected chi connectivity index (χ3v) is 11.0. The first kappa shape index (κ1) is 25.1. The predicted octanol–water partition coefficient (Wildman–Crippen LogP) is 7.32. The third-order valence-electron chi connectivity index (χ3n) is 11.0. The van der Waals surface area contributed by atoms with Crippen LogP contribution in [0.25, 0.3) is 0 Å². The van der Waals surface area contributed by atoms with Crippen molar-refractivity contribution >= 4 is 5.78 Å². The number of halogens is 1. The van der Waals surface area contributed by atoms with Gasteiger partial charge in [0.15, 0.2) is 5.78 Å². The summed E-state index contributed by atoms with van der Waals surface area (Å²) in [6, 6.07) is 0. The minimum absolute atomic E-state index is 0.0595. The summed E-state index contributed by atoms with van der Waals surface area (Å²) in [5.41, 5.74) is 0.602. The van der Waals surface area contributed by atoms with Crippen LogP contribution in [0.3, 0.4) is 0 Å². The van der Waals surface area contributed by atoms with Gasteiger partial charge in [-0.15, -0.1) is 0 Å². The summed E-state index contributed by atoms with van der Waals surface area (Å²) >= 11 is 0. The molecule has 3 saturated carbocycles. The van der Waals surface area contributed by atoms with Gasteiger partial charge in [-0.05, 0) is 103 Å². The molecule has 3 fully saturated rings. The second kappa shape index (κ2) is 9.25. The Morgan fingerprint density at radius 3 is 2.55 bits per heavy atom. The molecule has 2 nitrogen and oxygen atoms in total.